The Morgan fingerprint density at radius 1 is 1.05 bits per heavy atom. The molecule has 100 valence electrons. The van der Waals surface area contributed by atoms with Crippen LogP contribution in [0, 0.1) is 5.82 Å². The molecule has 4 heteroatoms. The van der Waals surface area contributed by atoms with Crippen molar-refractivity contribution in [3.05, 3.63) is 53.8 Å². The molecular weight excluding hydrogens is 241 g/mol. The Hall–Kier alpha value is -2.10. The molecule has 0 aliphatic carbocycles. The highest BCUT2D eigenvalue weighted by Gasteiger charge is 1.98. The van der Waals surface area contributed by atoms with Crippen molar-refractivity contribution in [2.24, 2.45) is 0 Å². The minimum Gasteiger partial charge on any atom is -0.370 e. The number of hydrogen-bond acceptors (Lipinski definition) is 3. The van der Waals surface area contributed by atoms with Gasteiger partial charge in [0, 0.05) is 13.1 Å². The van der Waals surface area contributed by atoms with E-state index in [9.17, 15) is 4.39 Å². The van der Waals surface area contributed by atoms with Crippen LogP contribution in [0.1, 0.15) is 18.9 Å². The molecule has 3 nitrogen and oxygen atoms in total. The lowest BCUT2D eigenvalue weighted by molar-refractivity contribution is 0.626. The fraction of sp³-hybridized carbons (Fsp3) is 0.267. The Morgan fingerprint density at radius 2 is 1.79 bits per heavy atom. The molecule has 0 radical (unpaired) electrons. The molecule has 1 aromatic heterocycles. The summed E-state index contributed by atoms with van der Waals surface area (Å²) in [4.78, 5) is 4.43. The van der Waals surface area contributed by atoms with Crippen LogP contribution in [0.4, 0.5) is 16.0 Å². The van der Waals surface area contributed by atoms with Crippen molar-refractivity contribution in [2.75, 3.05) is 17.2 Å². The summed E-state index contributed by atoms with van der Waals surface area (Å²) < 4.78 is 13.0. The Kier molecular flexibility index (Phi) is 4.72. The van der Waals surface area contributed by atoms with Gasteiger partial charge in [-0.25, -0.2) is 9.37 Å². The molecule has 1 heterocycles. The first-order valence-electron chi connectivity index (χ1n) is 6.47. The average molecular weight is 259 g/mol. The molecular formula is C15H18FN3. The van der Waals surface area contributed by atoms with Crippen LogP contribution in [0.3, 0.4) is 0 Å². The van der Waals surface area contributed by atoms with Crippen LogP contribution in [0.5, 0.6) is 0 Å². The number of nitrogens with one attached hydrogen (secondary N) is 2. The summed E-state index contributed by atoms with van der Waals surface area (Å²) in [6.45, 7) is 3.57. The first-order valence-corrected chi connectivity index (χ1v) is 6.47. The number of benzene rings is 1. The lowest BCUT2D eigenvalue weighted by atomic mass is 10.2. The highest BCUT2D eigenvalue weighted by atomic mass is 19.1. The van der Waals surface area contributed by atoms with Gasteiger partial charge in [-0.3, -0.25) is 0 Å². The first-order chi connectivity index (χ1) is 9.28. The van der Waals surface area contributed by atoms with Crippen molar-refractivity contribution in [3.63, 3.8) is 0 Å². The zero-order chi connectivity index (χ0) is 13.5. The number of hydrogen-bond donors (Lipinski definition) is 2. The van der Waals surface area contributed by atoms with E-state index in [1.807, 2.05) is 24.3 Å². The van der Waals surface area contributed by atoms with E-state index in [1.54, 1.807) is 6.07 Å². The summed E-state index contributed by atoms with van der Waals surface area (Å²) in [5, 5.41) is 6.42. The zero-order valence-corrected chi connectivity index (χ0v) is 11.0. The Labute approximate surface area is 112 Å². The molecule has 0 aliphatic rings. The molecule has 0 unspecified atom stereocenters. The Balaban J connectivity index is 1.95. The quantitative estimate of drug-likeness (QED) is 0.831. The lowest BCUT2D eigenvalue weighted by Crippen LogP contribution is -2.05. The normalized spacial score (nSPS) is 10.2. The smallest absolute Gasteiger partial charge is 0.128 e. The number of rotatable bonds is 6. The van der Waals surface area contributed by atoms with Gasteiger partial charge in [0.25, 0.3) is 0 Å². The number of nitrogens with zero attached hydrogens (tertiary/aromatic N) is 1. The highest BCUT2D eigenvalue weighted by molar-refractivity contribution is 5.45. The van der Waals surface area contributed by atoms with Gasteiger partial charge in [0.15, 0.2) is 0 Å². The molecule has 0 bridgehead atoms. The van der Waals surface area contributed by atoms with Crippen molar-refractivity contribution >= 4 is 11.6 Å². The van der Waals surface area contributed by atoms with E-state index in [4.69, 9.17) is 0 Å². The van der Waals surface area contributed by atoms with Gasteiger partial charge in [-0.15, -0.1) is 0 Å². The lowest BCUT2D eigenvalue weighted by Gasteiger charge is -2.08. The highest BCUT2D eigenvalue weighted by Crippen LogP contribution is 2.11. The van der Waals surface area contributed by atoms with E-state index >= 15 is 0 Å². The second-order valence-corrected chi connectivity index (χ2v) is 4.32. The van der Waals surface area contributed by atoms with Gasteiger partial charge >= 0.3 is 0 Å². The summed E-state index contributed by atoms with van der Waals surface area (Å²) in [6.07, 6.45) is 1.06. The Bertz CT molecular complexity index is 528. The van der Waals surface area contributed by atoms with Crippen molar-refractivity contribution < 1.29 is 4.39 Å². The third-order valence-electron chi connectivity index (χ3n) is 2.67. The number of halogens is 1. The largest absolute Gasteiger partial charge is 0.370 e. The summed E-state index contributed by atoms with van der Waals surface area (Å²) in [5.74, 6) is 1.42. The molecule has 0 fully saturated rings. The van der Waals surface area contributed by atoms with Crippen LogP contribution >= 0.6 is 0 Å². The van der Waals surface area contributed by atoms with Crippen molar-refractivity contribution in [1.82, 2.24) is 4.98 Å². The molecule has 0 atom stereocenters. The predicted octanol–water partition coefficient (Wildman–Crippen LogP) is 3.65. The van der Waals surface area contributed by atoms with Crippen LogP contribution in [0.2, 0.25) is 0 Å². The van der Waals surface area contributed by atoms with Crippen LogP contribution < -0.4 is 10.6 Å². The van der Waals surface area contributed by atoms with E-state index in [2.05, 4.69) is 22.5 Å². The monoisotopic (exact) mass is 259 g/mol. The van der Waals surface area contributed by atoms with Crippen LogP contribution in [-0.4, -0.2) is 11.5 Å². The minimum atomic E-state index is -0.217. The summed E-state index contributed by atoms with van der Waals surface area (Å²) >= 11 is 0. The number of anilines is 2. The fourth-order valence-electron chi connectivity index (χ4n) is 1.72. The molecule has 2 rings (SSSR count). The van der Waals surface area contributed by atoms with Gasteiger partial charge in [0.2, 0.25) is 0 Å². The molecule has 2 N–H and O–H groups in total. The van der Waals surface area contributed by atoms with Crippen molar-refractivity contribution in [3.8, 4) is 0 Å². The van der Waals surface area contributed by atoms with Crippen LogP contribution in [0.15, 0.2) is 42.5 Å². The summed E-state index contributed by atoms with van der Waals surface area (Å²) in [5.41, 5.74) is 0.897. The second kappa shape index (κ2) is 6.73. The third-order valence-corrected chi connectivity index (χ3v) is 2.67. The van der Waals surface area contributed by atoms with Gasteiger partial charge in [-0.1, -0.05) is 25.1 Å². The molecule has 0 aliphatic heterocycles. The fourth-order valence-corrected chi connectivity index (χ4v) is 1.72. The van der Waals surface area contributed by atoms with E-state index in [0.717, 1.165) is 30.2 Å². The maximum absolute atomic E-state index is 13.0. The van der Waals surface area contributed by atoms with Crippen molar-refractivity contribution in [1.29, 1.82) is 0 Å². The second-order valence-electron chi connectivity index (χ2n) is 4.32. The topological polar surface area (TPSA) is 37.0 Å². The molecule has 0 amide bonds. The first kappa shape index (κ1) is 13.3. The molecule has 0 saturated carbocycles. The maximum Gasteiger partial charge on any atom is 0.128 e. The molecule has 19 heavy (non-hydrogen) atoms. The number of pyridine rings is 1. The van der Waals surface area contributed by atoms with Gasteiger partial charge in [-0.05, 0) is 36.2 Å². The predicted molar refractivity (Wildman–Crippen MR) is 76.7 cm³/mol. The van der Waals surface area contributed by atoms with Crippen LogP contribution in [-0.2, 0) is 6.54 Å². The molecule has 0 saturated heterocycles. The third kappa shape index (κ3) is 4.25. The maximum atomic E-state index is 13.0. The van der Waals surface area contributed by atoms with Crippen molar-refractivity contribution in [2.45, 2.75) is 19.9 Å². The van der Waals surface area contributed by atoms with Gasteiger partial charge < -0.3 is 10.6 Å². The van der Waals surface area contributed by atoms with E-state index < -0.39 is 0 Å². The minimum absolute atomic E-state index is 0.217. The summed E-state index contributed by atoms with van der Waals surface area (Å²) in [7, 11) is 0. The SMILES string of the molecule is CCCNc1cccc(NCc2cccc(F)c2)n1. The standard InChI is InChI=1S/C15H18FN3/c1-2-9-17-14-7-4-8-15(19-14)18-11-12-5-3-6-13(16)10-12/h3-8,10H,2,9,11H2,1H3,(H2,17,18,19). The molecule has 0 spiro atoms. The van der Waals surface area contributed by atoms with Gasteiger partial charge in [0.1, 0.15) is 17.5 Å². The molecule has 1 aromatic carbocycles. The number of aromatic nitrogens is 1. The molecule has 2 aromatic rings. The van der Waals surface area contributed by atoms with E-state index in [-0.39, 0.29) is 5.82 Å². The van der Waals surface area contributed by atoms with E-state index in [0.29, 0.717) is 6.54 Å². The van der Waals surface area contributed by atoms with Crippen LogP contribution in [0.25, 0.3) is 0 Å². The van der Waals surface area contributed by atoms with E-state index in [1.165, 1.54) is 12.1 Å². The van der Waals surface area contributed by atoms with Gasteiger partial charge in [-0.2, -0.15) is 0 Å². The Morgan fingerprint density at radius 3 is 2.53 bits per heavy atom. The van der Waals surface area contributed by atoms with Gasteiger partial charge in [0.05, 0.1) is 0 Å². The zero-order valence-electron chi connectivity index (χ0n) is 11.0. The summed E-state index contributed by atoms with van der Waals surface area (Å²) in [6, 6.07) is 12.3. The average Bonchev–Trinajstić information content (AvgIpc) is 2.43.